The van der Waals surface area contributed by atoms with Crippen LogP contribution in [0.1, 0.15) is 25.3 Å². The molecule has 66 valence electrons. The molecule has 12 heavy (non-hydrogen) atoms. The van der Waals surface area contributed by atoms with Gasteiger partial charge in [0.05, 0.1) is 0 Å². The molecule has 0 aromatic heterocycles. The lowest BCUT2D eigenvalue weighted by atomic mass is 10.0. The van der Waals surface area contributed by atoms with Crippen LogP contribution in [0.4, 0.5) is 5.69 Å². The van der Waals surface area contributed by atoms with Crippen LogP contribution < -0.4 is 5.73 Å². The number of rotatable bonds is 1. The van der Waals surface area contributed by atoms with Gasteiger partial charge in [0.2, 0.25) is 0 Å². The molecule has 0 spiro atoms. The Labute approximate surface area is 89.6 Å². The van der Waals surface area contributed by atoms with Crippen molar-refractivity contribution in [2.24, 2.45) is 0 Å². The van der Waals surface area contributed by atoms with Crippen molar-refractivity contribution in [1.29, 1.82) is 0 Å². The summed E-state index contributed by atoms with van der Waals surface area (Å²) < 4.78 is 2.02. The molecular formula is C9H11Br2N. The minimum atomic E-state index is 0.457. The molecule has 0 radical (unpaired) electrons. The highest BCUT2D eigenvalue weighted by atomic mass is 79.9. The first-order valence-corrected chi connectivity index (χ1v) is 5.35. The number of benzene rings is 1. The van der Waals surface area contributed by atoms with Crippen molar-refractivity contribution in [2.75, 3.05) is 5.73 Å². The van der Waals surface area contributed by atoms with Gasteiger partial charge in [0.25, 0.3) is 0 Å². The third-order valence-corrected chi connectivity index (χ3v) is 2.86. The van der Waals surface area contributed by atoms with Gasteiger partial charge in [-0.2, -0.15) is 0 Å². The lowest BCUT2D eigenvalue weighted by Gasteiger charge is -2.11. The third kappa shape index (κ3) is 2.02. The monoisotopic (exact) mass is 291 g/mol. The summed E-state index contributed by atoms with van der Waals surface area (Å²) in [6.45, 7) is 4.26. The molecule has 0 saturated carbocycles. The van der Waals surface area contributed by atoms with E-state index in [4.69, 9.17) is 5.73 Å². The largest absolute Gasteiger partial charge is 0.398 e. The first-order valence-electron chi connectivity index (χ1n) is 3.76. The lowest BCUT2D eigenvalue weighted by Crippen LogP contribution is -1.97. The fourth-order valence-corrected chi connectivity index (χ4v) is 2.34. The lowest BCUT2D eigenvalue weighted by molar-refractivity contribution is 0.868. The summed E-state index contributed by atoms with van der Waals surface area (Å²) in [6, 6.07) is 4.02. The van der Waals surface area contributed by atoms with Gasteiger partial charge in [-0.1, -0.05) is 29.8 Å². The van der Waals surface area contributed by atoms with Gasteiger partial charge in [0.1, 0.15) is 0 Å². The molecular weight excluding hydrogens is 282 g/mol. The molecule has 1 nitrogen and oxygen atoms in total. The van der Waals surface area contributed by atoms with Crippen LogP contribution >= 0.6 is 31.9 Å². The molecule has 0 fully saturated rings. The average molecular weight is 293 g/mol. The minimum absolute atomic E-state index is 0.457. The predicted molar refractivity (Wildman–Crippen MR) is 60.3 cm³/mol. The maximum absolute atomic E-state index is 5.88. The summed E-state index contributed by atoms with van der Waals surface area (Å²) in [4.78, 5) is 0. The van der Waals surface area contributed by atoms with Gasteiger partial charge in [-0.25, -0.2) is 0 Å². The van der Waals surface area contributed by atoms with E-state index in [1.165, 1.54) is 5.56 Å². The highest BCUT2D eigenvalue weighted by Gasteiger charge is 2.07. The summed E-state index contributed by atoms with van der Waals surface area (Å²) in [5.74, 6) is 0.457. The zero-order valence-corrected chi connectivity index (χ0v) is 10.2. The number of hydrogen-bond acceptors (Lipinski definition) is 1. The van der Waals surface area contributed by atoms with E-state index in [0.29, 0.717) is 5.92 Å². The van der Waals surface area contributed by atoms with E-state index < -0.39 is 0 Å². The van der Waals surface area contributed by atoms with Crippen LogP contribution in [0.5, 0.6) is 0 Å². The van der Waals surface area contributed by atoms with Crippen LogP contribution in [0.3, 0.4) is 0 Å². The fourth-order valence-electron chi connectivity index (χ4n) is 1.08. The zero-order chi connectivity index (χ0) is 9.30. The molecule has 0 aliphatic carbocycles. The minimum Gasteiger partial charge on any atom is -0.398 e. The molecule has 0 atom stereocenters. The normalized spacial score (nSPS) is 10.8. The molecule has 0 aliphatic heterocycles. The molecule has 2 N–H and O–H groups in total. The van der Waals surface area contributed by atoms with Crippen molar-refractivity contribution in [2.45, 2.75) is 19.8 Å². The van der Waals surface area contributed by atoms with Crippen molar-refractivity contribution in [3.8, 4) is 0 Å². The van der Waals surface area contributed by atoms with E-state index in [1.807, 2.05) is 6.07 Å². The SMILES string of the molecule is CC(C)c1cc(Br)cc(Br)c1N. The second-order valence-corrected chi connectivity index (χ2v) is 4.82. The summed E-state index contributed by atoms with van der Waals surface area (Å²) >= 11 is 6.84. The van der Waals surface area contributed by atoms with Crippen LogP contribution in [0.2, 0.25) is 0 Å². The number of nitrogen functional groups attached to an aromatic ring is 1. The Balaban J connectivity index is 3.28. The molecule has 0 unspecified atom stereocenters. The summed E-state index contributed by atoms with van der Waals surface area (Å²) in [5, 5.41) is 0. The third-order valence-electron chi connectivity index (χ3n) is 1.75. The molecule has 1 aromatic carbocycles. The van der Waals surface area contributed by atoms with Crippen molar-refractivity contribution >= 4 is 37.5 Å². The zero-order valence-electron chi connectivity index (χ0n) is 7.07. The number of anilines is 1. The quantitative estimate of drug-likeness (QED) is 0.780. The highest BCUT2D eigenvalue weighted by molar-refractivity contribution is 9.11. The fraction of sp³-hybridized carbons (Fsp3) is 0.333. The van der Waals surface area contributed by atoms with E-state index in [-0.39, 0.29) is 0 Å². The van der Waals surface area contributed by atoms with E-state index in [9.17, 15) is 0 Å². The predicted octanol–water partition coefficient (Wildman–Crippen LogP) is 3.92. The topological polar surface area (TPSA) is 26.0 Å². The Hall–Kier alpha value is -0.0200. The van der Waals surface area contributed by atoms with Gasteiger partial charge >= 0.3 is 0 Å². The maximum Gasteiger partial charge on any atom is 0.0494 e. The number of nitrogens with two attached hydrogens (primary N) is 1. The van der Waals surface area contributed by atoms with Gasteiger partial charge in [-0.3, -0.25) is 0 Å². The van der Waals surface area contributed by atoms with Gasteiger partial charge in [-0.05, 0) is 39.5 Å². The van der Waals surface area contributed by atoms with Crippen LogP contribution in [0, 0.1) is 0 Å². The summed E-state index contributed by atoms with van der Waals surface area (Å²) in [5.41, 5.74) is 7.90. The van der Waals surface area contributed by atoms with E-state index >= 15 is 0 Å². The molecule has 1 aromatic rings. The summed E-state index contributed by atoms with van der Waals surface area (Å²) in [7, 11) is 0. The standard InChI is InChI=1S/C9H11Br2N/c1-5(2)7-3-6(10)4-8(11)9(7)12/h3-5H,12H2,1-2H3. The van der Waals surface area contributed by atoms with E-state index in [2.05, 4.69) is 51.8 Å². The van der Waals surface area contributed by atoms with Crippen LogP contribution in [-0.2, 0) is 0 Å². The Kier molecular flexibility index (Phi) is 3.18. The molecule has 1 rings (SSSR count). The number of halogens is 2. The first kappa shape index (κ1) is 10.1. The smallest absolute Gasteiger partial charge is 0.0494 e. The molecule has 3 heteroatoms. The Morgan fingerprint density at radius 2 is 1.83 bits per heavy atom. The van der Waals surface area contributed by atoms with Gasteiger partial charge in [-0.15, -0.1) is 0 Å². The molecule has 0 saturated heterocycles. The molecule has 0 heterocycles. The van der Waals surface area contributed by atoms with Crippen molar-refractivity contribution in [1.82, 2.24) is 0 Å². The van der Waals surface area contributed by atoms with Crippen LogP contribution in [0.15, 0.2) is 21.1 Å². The van der Waals surface area contributed by atoms with Crippen molar-refractivity contribution < 1.29 is 0 Å². The van der Waals surface area contributed by atoms with Gasteiger partial charge < -0.3 is 5.73 Å². The Bertz CT molecular complexity index is 295. The molecule has 0 bridgehead atoms. The van der Waals surface area contributed by atoms with Gasteiger partial charge in [0, 0.05) is 14.6 Å². The summed E-state index contributed by atoms with van der Waals surface area (Å²) in [6.07, 6.45) is 0. The van der Waals surface area contributed by atoms with Crippen molar-refractivity contribution in [3.63, 3.8) is 0 Å². The molecule has 0 aliphatic rings. The Morgan fingerprint density at radius 1 is 1.25 bits per heavy atom. The Morgan fingerprint density at radius 3 is 2.33 bits per heavy atom. The van der Waals surface area contributed by atoms with E-state index in [0.717, 1.165) is 14.6 Å². The highest BCUT2D eigenvalue weighted by Crippen LogP contribution is 2.32. The van der Waals surface area contributed by atoms with E-state index in [1.54, 1.807) is 0 Å². The number of hydrogen-bond donors (Lipinski definition) is 1. The molecule has 0 amide bonds. The first-order chi connectivity index (χ1) is 5.52. The maximum atomic E-state index is 5.88. The van der Waals surface area contributed by atoms with Gasteiger partial charge in [0.15, 0.2) is 0 Å². The van der Waals surface area contributed by atoms with Crippen LogP contribution in [-0.4, -0.2) is 0 Å². The van der Waals surface area contributed by atoms with Crippen LogP contribution in [0.25, 0.3) is 0 Å². The average Bonchev–Trinajstić information content (AvgIpc) is 1.96. The van der Waals surface area contributed by atoms with Crippen molar-refractivity contribution in [3.05, 3.63) is 26.6 Å². The second kappa shape index (κ2) is 3.79. The second-order valence-electron chi connectivity index (χ2n) is 3.05.